The molecule has 90 heavy (non-hydrogen) atoms. The smallest absolute Gasteiger partial charge is 0.408 e. The second kappa shape index (κ2) is 25.6. The van der Waals surface area contributed by atoms with Crippen molar-refractivity contribution in [1.82, 2.24) is 19.2 Å². The van der Waals surface area contributed by atoms with Gasteiger partial charge in [-0.2, -0.15) is 26.3 Å². The summed E-state index contributed by atoms with van der Waals surface area (Å²) in [5.41, 5.74) is 3.09. The van der Waals surface area contributed by atoms with E-state index in [9.17, 15) is 55.4 Å². The van der Waals surface area contributed by atoms with Gasteiger partial charge in [-0.1, -0.05) is 145 Å². The zero-order chi connectivity index (χ0) is 64.1. The lowest BCUT2D eigenvalue weighted by Gasteiger charge is -2.46. The van der Waals surface area contributed by atoms with Crippen LogP contribution in [0.1, 0.15) is 127 Å². The number of Topliss-reactive ketones (excluding diaryl/α,β-unsaturated/α-hetero) is 1. The first-order chi connectivity index (χ1) is 42.9. The number of carbonyl (C=O) groups excluding carboxylic acids is 3. The Bertz CT molecular complexity index is 4210. The van der Waals surface area contributed by atoms with Gasteiger partial charge in [-0.25, -0.2) is 0 Å². The second-order valence-corrected chi connectivity index (χ2v) is 24.7. The fraction of sp³-hybridized carbons (Fsp3) is 0.258. The number of hydrogen-bond acceptors (Lipinski definition) is 12. The lowest BCUT2D eigenvalue weighted by atomic mass is 9.94. The van der Waals surface area contributed by atoms with Crippen LogP contribution in [0.2, 0.25) is 10.0 Å². The van der Waals surface area contributed by atoms with E-state index < -0.39 is 102 Å². The Morgan fingerprint density at radius 2 is 0.967 bits per heavy atom. The molecule has 8 aromatic rings. The van der Waals surface area contributed by atoms with Gasteiger partial charge in [0.2, 0.25) is 10.9 Å². The zero-order valence-corrected chi connectivity index (χ0v) is 51.6. The minimum atomic E-state index is -4.78. The van der Waals surface area contributed by atoms with Crippen molar-refractivity contribution in [3.05, 3.63) is 256 Å². The van der Waals surface area contributed by atoms with Crippen LogP contribution in [0.25, 0.3) is 0 Å². The molecular formula is C66H56Cl2F6N6O8S2. The highest BCUT2D eigenvalue weighted by molar-refractivity contribution is 7.98. The van der Waals surface area contributed by atoms with Gasteiger partial charge in [0.1, 0.15) is 50.7 Å². The number of fused-ring (bicyclic) bond motifs is 6. The lowest BCUT2D eigenvalue weighted by molar-refractivity contribution is -0.173. The highest BCUT2D eigenvalue weighted by Crippen LogP contribution is 2.48. The molecule has 0 fully saturated rings. The van der Waals surface area contributed by atoms with E-state index in [2.05, 4.69) is 0 Å². The average Bonchev–Trinajstić information content (AvgIpc) is 0.983. The summed E-state index contributed by atoms with van der Waals surface area (Å²) < 4.78 is 100. The largest absolute Gasteiger partial charge is 0.482 e. The Balaban J connectivity index is 0.000000185. The summed E-state index contributed by atoms with van der Waals surface area (Å²) in [6, 6.07) is 37.5. The van der Waals surface area contributed by atoms with Gasteiger partial charge < -0.3 is 24.4 Å². The van der Waals surface area contributed by atoms with Crippen LogP contribution in [-0.4, -0.2) is 79.6 Å². The van der Waals surface area contributed by atoms with Crippen molar-refractivity contribution < 1.29 is 55.3 Å². The summed E-state index contributed by atoms with van der Waals surface area (Å²) in [6.07, 6.45) is -8.27. The lowest BCUT2D eigenvalue weighted by Crippen LogP contribution is -2.60. The molecule has 0 aliphatic carbocycles. The summed E-state index contributed by atoms with van der Waals surface area (Å²) >= 11 is 16.8. The number of ketones is 1. The number of aliphatic hydroxyl groups excluding tert-OH is 1. The van der Waals surface area contributed by atoms with Crippen molar-refractivity contribution in [1.29, 1.82) is 0 Å². The number of ether oxygens (including phenoxy) is 2. The summed E-state index contributed by atoms with van der Waals surface area (Å²) in [5, 5.41) is 14.6. The molecule has 5 atom stereocenters. The Morgan fingerprint density at radius 1 is 0.567 bits per heavy atom. The van der Waals surface area contributed by atoms with E-state index >= 15 is 0 Å². The van der Waals surface area contributed by atoms with Crippen LogP contribution in [0.4, 0.5) is 26.3 Å². The average molecular weight is 1310 g/mol. The Morgan fingerprint density at radius 3 is 1.38 bits per heavy atom. The number of rotatable bonds is 12. The highest BCUT2D eigenvalue weighted by atomic mass is 35.5. The topological polar surface area (TPSA) is 147 Å². The second-order valence-electron chi connectivity index (χ2n) is 21.8. The van der Waals surface area contributed by atoms with Gasteiger partial charge in [0.15, 0.2) is 28.7 Å². The number of pyridine rings is 2. The minimum absolute atomic E-state index is 0.0763. The number of aliphatic hydroxyl groups is 1. The van der Waals surface area contributed by atoms with Crippen molar-refractivity contribution in [3.63, 3.8) is 0 Å². The molecule has 1 N–H and O–H groups in total. The number of aromatic nitrogens is 2. The van der Waals surface area contributed by atoms with Gasteiger partial charge in [-0.15, -0.1) is 23.5 Å². The van der Waals surface area contributed by atoms with E-state index in [1.54, 1.807) is 112 Å². The first kappa shape index (κ1) is 63.4. The molecule has 2 amide bonds. The third-order valence-corrected chi connectivity index (χ3v) is 19.1. The van der Waals surface area contributed by atoms with Crippen LogP contribution in [0.15, 0.2) is 177 Å². The third kappa shape index (κ3) is 12.2. The molecular weight excluding hydrogens is 1250 g/mol. The Labute approximate surface area is 531 Å². The van der Waals surface area contributed by atoms with Gasteiger partial charge in [0.05, 0.1) is 11.7 Å². The van der Waals surface area contributed by atoms with Crippen LogP contribution < -0.4 is 30.3 Å². The molecule has 2 aromatic heterocycles. The van der Waals surface area contributed by atoms with Crippen molar-refractivity contribution >= 4 is 64.3 Å². The van der Waals surface area contributed by atoms with Crippen LogP contribution in [0.5, 0.6) is 11.5 Å². The van der Waals surface area contributed by atoms with Gasteiger partial charge >= 0.3 is 12.4 Å². The molecule has 466 valence electrons. The Kier molecular flexibility index (Phi) is 18.1. The summed E-state index contributed by atoms with van der Waals surface area (Å²) in [4.78, 5) is 71.6. The molecule has 12 rings (SSSR count). The standard InChI is InChI=1S/C33H29ClF3N3O4S.C33H27ClF3N3O4S/c2*1-19(41)24-15-39-29(31(30(24)42)44-16-21-9-4-3-5-10-21)32(43)38(20(2)33(35,36)37)18-40(39)28-23-12-6-7-14-26(23)45-17-22-11-8-13-25(34)27(22)28/h3-15,19-20,28,41H,16-18H2,1-2H3;3-15,20,28H,16-18H2,1-2H3/t19?,20-,28-;20-,28-/m11/s1. The van der Waals surface area contributed by atoms with Crippen molar-refractivity contribution in [2.75, 3.05) is 23.4 Å². The van der Waals surface area contributed by atoms with Gasteiger partial charge in [0, 0.05) is 60.4 Å². The molecule has 0 bridgehead atoms. The molecule has 6 aromatic carbocycles. The van der Waals surface area contributed by atoms with E-state index in [-0.39, 0.29) is 30.0 Å². The number of benzene rings is 6. The number of thioether (sulfide) groups is 2. The van der Waals surface area contributed by atoms with Crippen molar-refractivity contribution in [2.24, 2.45) is 0 Å². The fourth-order valence-electron chi connectivity index (χ4n) is 11.4. The summed E-state index contributed by atoms with van der Waals surface area (Å²) in [5.74, 6) is -2.52. The van der Waals surface area contributed by atoms with Crippen LogP contribution in [-0.2, 0) is 24.7 Å². The van der Waals surface area contributed by atoms with Crippen molar-refractivity contribution in [3.8, 4) is 11.5 Å². The zero-order valence-electron chi connectivity index (χ0n) is 48.5. The number of alkyl halides is 6. The highest BCUT2D eigenvalue weighted by Gasteiger charge is 2.51. The molecule has 0 spiro atoms. The van der Waals surface area contributed by atoms with Gasteiger partial charge in [0.25, 0.3) is 11.8 Å². The molecule has 6 heterocycles. The summed E-state index contributed by atoms with van der Waals surface area (Å²) in [6.45, 7) is 3.10. The van der Waals surface area contributed by atoms with E-state index in [0.29, 0.717) is 53.6 Å². The monoisotopic (exact) mass is 1310 g/mol. The van der Waals surface area contributed by atoms with E-state index in [1.807, 2.05) is 66.7 Å². The quantitative estimate of drug-likeness (QED) is 0.0917. The SMILES string of the molecule is CC(=O)c1cn2c(c(OCc3ccccc3)c1=O)C(=O)N([C@H](C)C(F)(F)F)CN2[C@@H]1c2ccccc2SCc2cccc(Cl)c21.CC(O)c1cn2c(c(OCc3ccccc3)c1=O)C(=O)N([C@H](C)C(F)(F)F)CN2[C@@H]1c2ccccc2SCc2cccc(Cl)c21. The minimum Gasteiger partial charge on any atom is -0.482 e. The number of carbonyl (C=O) groups is 3. The molecule has 24 heteroatoms. The molecule has 0 radical (unpaired) electrons. The van der Waals surface area contributed by atoms with Gasteiger partial charge in [-0.3, -0.25) is 43.3 Å². The predicted octanol–water partition coefficient (Wildman–Crippen LogP) is 13.8. The predicted molar refractivity (Wildman–Crippen MR) is 332 cm³/mol. The maximum Gasteiger partial charge on any atom is 0.408 e. The maximum atomic E-state index is 14.3. The number of hydrogen-bond donors (Lipinski definition) is 1. The van der Waals surface area contributed by atoms with E-state index in [0.717, 1.165) is 45.9 Å². The first-order valence-electron chi connectivity index (χ1n) is 28.3. The molecule has 4 aliphatic rings. The number of halogens is 8. The third-order valence-electron chi connectivity index (χ3n) is 16.2. The molecule has 4 aliphatic heterocycles. The first-order valence-corrected chi connectivity index (χ1v) is 31.1. The van der Waals surface area contributed by atoms with Crippen molar-refractivity contribution in [2.45, 2.75) is 105 Å². The Hall–Kier alpha value is -8.15. The summed E-state index contributed by atoms with van der Waals surface area (Å²) in [7, 11) is 0. The maximum absolute atomic E-state index is 14.3. The molecule has 1 unspecified atom stereocenters. The number of nitrogens with zero attached hydrogens (tertiary/aromatic N) is 6. The molecule has 0 saturated heterocycles. The normalized spacial score (nSPS) is 17.2. The van der Waals surface area contributed by atoms with Crippen LogP contribution in [0.3, 0.4) is 0 Å². The van der Waals surface area contributed by atoms with E-state index in [1.165, 1.54) is 35.6 Å². The van der Waals surface area contributed by atoms with E-state index in [4.69, 9.17) is 32.7 Å². The fourth-order valence-corrected chi connectivity index (χ4v) is 14.2. The molecule has 14 nitrogen and oxygen atoms in total. The number of amides is 2. The molecule has 0 saturated carbocycles. The van der Waals surface area contributed by atoms with Gasteiger partial charge in [-0.05, 0) is 85.3 Å². The van der Waals surface area contributed by atoms with Crippen LogP contribution in [0, 0.1) is 0 Å². The van der Waals surface area contributed by atoms with Crippen LogP contribution >= 0.6 is 46.7 Å².